The van der Waals surface area contributed by atoms with Gasteiger partial charge in [0.05, 0.1) is 13.3 Å². The van der Waals surface area contributed by atoms with Crippen LogP contribution < -0.4 is 0 Å². The van der Waals surface area contributed by atoms with Gasteiger partial charge in [-0.15, -0.1) is 0 Å². The second-order valence-corrected chi connectivity index (χ2v) is 2.25. The van der Waals surface area contributed by atoms with E-state index in [4.69, 9.17) is 4.74 Å². The summed E-state index contributed by atoms with van der Waals surface area (Å²) in [7, 11) is 0. The van der Waals surface area contributed by atoms with Gasteiger partial charge >= 0.3 is 0 Å². The van der Waals surface area contributed by atoms with Crippen molar-refractivity contribution in [2.24, 2.45) is 0 Å². The number of ether oxygens (including phenoxy) is 1. The Balaban J connectivity index is 2.30. The van der Waals surface area contributed by atoms with Crippen LogP contribution >= 0.6 is 0 Å². The molecule has 0 bridgehead atoms. The monoisotopic (exact) mass is 115 g/mol. The highest BCUT2D eigenvalue weighted by Crippen LogP contribution is 2.06. The minimum Gasteiger partial charge on any atom is -0.364 e. The predicted octanol–water partition coefficient (Wildman–Crippen LogP) is 0.684. The number of nitrogens with zero attached hydrogens (tertiary/aromatic N) is 1. The van der Waals surface area contributed by atoms with Gasteiger partial charge in [0, 0.05) is 6.04 Å². The molecular formula is C6H13NO. The fraction of sp³-hybridized carbons (Fsp3) is 1.00. The van der Waals surface area contributed by atoms with Gasteiger partial charge in [0.25, 0.3) is 0 Å². The van der Waals surface area contributed by atoms with Crippen LogP contribution in [0.15, 0.2) is 0 Å². The van der Waals surface area contributed by atoms with Crippen molar-refractivity contribution in [1.29, 1.82) is 0 Å². The Morgan fingerprint density at radius 3 is 2.75 bits per heavy atom. The maximum Gasteiger partial charge on any atom is 0.0994 e. The van der Waals surface area contributed by atoms with E-state index in [2.05, 4.69) is 18.7 Å². The first kappa shape index (κ1) is 6.05. The average Bonchev–Trinajstić information content (AvgIpc) is 2.14. The summed E-state index contributed by atoms with van der Waals surface area (Å²) < 4.78 is 5.19. The lowest BCUT2D eigenvalue weighted by atomic mass is 10.3. The van der Waals surface area contributed by atoms with E-state index < -0.39 is 0 Å². The summed E-state index contributed by atoms with van der Waals surface area (Å²) in [5.74, 6) is 0. The number of likely N-dealkylation sites (N-methyl/N-ethyl adjacent to an activating group) is 1. The van der Waals surface area contributed by atoms with Crippen molar-refractivity contribution in [3.8, 4) is 0 Å². The van der Waals surface area contributed by atoms with Crippen LogP contribution in [-0.4, -0.2) is 30.8 Å². The van der Waals surface area contributed by atoms with Crippen molar-refractivity contribution in [1.82, 2.24) is 4.90 Å². The number of hydrogen-bond acceptors (Lipinski definition) is 2. The van der Waals surface area contributed by atoms with Gasteiger partial charge in [0.2, 0.25) is 0 Å². The van der Waals surface area contributed by atoms with Crippen molar-refractivity contribution in [3.63, 3.8) is 0 Å². The Kier molecular flexibility index (Phi) is 1.86. The van der Waals surface area contributed by atoms with E-state index in [0.29, 0.717) is 6.04 Å². The fourth-order valence-electron chi connectivity index (χ4n) is 0.976. The standard InChI is InChI=1S/C6H13NO/c1-3-7-5-8-4-6(7)2/h6H,3-5H2,1-2H3. The topological polar surface area (TPSA) is 12.5 Å². The largest absolute Gasteiger partial charge is 0.364 e. The molecule has 0 N–H and O–H groups in total. The lowest BCUT2D eigenvalue weighted by molar-refractivity contribution is 0.142. The summed E-state index contributed by atoms with van der Waals surface area (Å²) in [4.78, 5) is 2.31. The fourth-order valence-corrected chi connectivity index (χ4v) is 0.976. The molecule has 1 atom stereocenters. The molecule has 1 fully saturated rings. The van der Waals surface area contributed by atoms with Crippen molar-refractivity contribution < 1.29 is 4.74 Å². The third kappa shape index (κ3) is 1.01. The van der Waals surface area contributed by atoms with E-state index in [0.717, 1.165) is 19.9 Å². The molecule has 0 aromatic rings. The van der Waals surface area contributed by atoms with E-state index in [9.17, 15) is 0 Å². The van der Waals surface area contributed by atoms with Crippen LogP contribution in [0.3, 0.4) is 0 Å². The quantitative estimate of drug-likeness (QED) is 0.498. The Morgan fingerprint density at radius 1 is 1.75 bits per heavy atom. The van der Waals surface area contributed by atoms with Crippen molar-refractivity contribution in [3.05, 3.63) is 0 Å². The molecular weight excluding hydrogens is 102 g/mol. The van der Waals surface area contributed by atoms with E-state index in [1.54, 1.807) is 0 Å². The molecule has 2 heteroatoms. The van der Waals surface area contributed by atoms with Gasteiger partial charge in [-0.3, -0.25) is 4.90 Å². The Morgan fingerprint density at radius 2 is 2.50 bits per heavy atom. The average molecular weight is 115 g/mol. The van der Waals surface area contributed by atoms with E-state index in [-0.39, 0.29) is 0 Å². The second kappa shape index (κ2) is 2.46. The molecule has 1 unspecified atom stereocenters. The number of rotatable bonds is 1. The van der Waals surface area contributed by atoms with Crippen LogP contribution in [-0.2, 0) is 4.74 Å². The zero-order valence-corrected chi connectivity index (χ0v) is 5.55. The van der Waals surface area contributed by atoms with E-state index >= 15 is 0 Å². The summed E-state index contributed by atoms with van der Waals surface area (Å²) in [5.41, 5.74) is 0. The van der Waals surface area contributed by atoms with Gasteiger partial charge in [0.1, 0.15) is 0 Å². The first-order valence-corrected chi connectivity index (χ1v) is 3.16. The third-order valence-corrected chi connectivity index (χ3v) is 1.65. The van der Waals surface area contributed by atoms with Gasteiger partial charge in [0.15, 0.2) is 0 Å². The minimum absolute atomic E-state index is 0.639. The van der Waals surface area contributed by atoms with Gasteiger partial charge < -0.3 is 4.74 Å². The van der Waals surface area contributed by atoms with Gasteiger partial charge in [-0.25, -0.2) is 0 Å². The molecule has 2 nitrogen and oxygen atoms in total. The summed E-state index contributed by atoms with van der Waals surface area (Å²) in [6.07, 6.45) is 0. The molecule has 0 aromatic carbocycles. The molecule has 0 radical (unpaired) electrons. The molecule has 0 aromatic heterocycles. The summed E-state index contributed by atoms with van der Waals surface area (Å²) in [6.45, 7) is 7.20. The molecule has 1 saturated heterocycles. The SMILES string of the molecule is CCN1COCC1C. The highest BCUT2D eigenvalue weighted by atomic mass is 16.5. The molecule has 1 aliphatic rings. The van der Waals surface area contributed by atoms with Crippen molar-refractivity contribution in [2.45, 2.75) is 19.9 Å². The Hall–Kier alpha value is -0.0800. The van der Waals surface area contributed by atoms with Crippen molar-refractivity contribution in [2.75, 3.05) is 19.9 Å². The van der Waals surface area contributed by atoms with Crippen LogP contribution in [0.4, 0.5) is 0 Å². The second-order valence-electron chi connectivity index (χ2n) is 2.25. The van der Waals surface area contributed by atoms with Crippen LogP contribution in [0.1, 0.15) is 13.8 Å². The summed E-state index contributed by atoms with van der Waals surface area (Å²) in [5, 5.41) is 0. The van der Waals surface area contributed by atoms with E-state index in [1.807, 2.05) is 0 Å². The summed E-state index contributed by atoms with van der Waals surface area (Å²) in [6, 6.07) is 0.639. The molecule has 1 aliphatic heterocycles. The lowest BCUT2D eigenvalue weighted by Gasteiger charge is -2.14. The lowest BCUT2D eigenvalue weighted by Crippen LogP contribution is -2.27. The van der Waals surface area contributed by atoms with Gasteiger partial charge in [-0.05, 0) is 13.5 Å². The third-order valence-electron chi connectivity index (χ3n) is 1.65. The molecule has 0 saturated carbocycles. The zero-order valence-electron chi connectivity index (χ0n) is 5.55. The maximum atomic E-state index is 5.19. The Bertz CT molecular complexity index is 74.9. The Labute approximate surface area is 50.4 Å². The molecule has 1 heterocycles. The highest BCUT2D eigenvalue weighted by Gasteiger charge is 2.17. The van der Waals surface area contributed by atoms with Crippen LogP contribution in [0.2, 0.25) is 0 Å². The maximum absolute atomic E-state index is 5.19. The van der Waals surface area contributed by atoms with Crippen LogP contribution in [0.5, 0.6) is 0 Å². The number of hydrogen-bond donors (Lipinski definition) is 0. The minimum atomic E-state index is 0.639. The smallest absolute Gasteiger partial charge is 0.0994 e. The molecule has 0 aliphatic carbocycles. The van der Waals surface area contributed by atoms with E-state index in [1.165, 1.54) is 0 Å². The molecule has 1 rings (SSSR count). The first-order valence-electron chi connectivity index (χ1n) is 3.16. The molecule has 0 spiro atoms. The molecule has 8 heavy (non-hydrogen) atoms. The predicted molar refractivity (Wildman–Crippen MR) is 32.7 cm³/mol. The normalized spacial score (nSPS) is 31.5. The van der Waals surface area contributed by atoms with Crippen molar-refractivity contribution >= 4 is 0 Å². The molecule has 0 amide bonds. The summed E-state index contributed by atoms with van der Waals surface area (Å²) >= 11 is 0. The van der Waals surface area contributed by atoms with Crippen LogP contribution in [0, 0.1) is 0 Å². The highest BCUT2D eigenvalue weighted by molar-refractivity contribution is 4.66. The van der Waals surface area contributed by atoms with Crippen LogP contribution in [0.25, 0.3) is 0 Å². The zero-order chi connectivity index (χ0) is 5.98. The first-order chi connectivity index (χ1) is 3.84. The van der Waals surface area contributed by atoms with Gasteiger partial charge in [-0.2, -0.15) is 0 Å². The van der Waals surface area contributed by atoms with Gasteiger partial charge in [-0.1, -0.05) is 6.92 Å². The molecule has 48 valence electrons.